The van der Waals surface area contributed by atoms with Crippen LogP contribution in [-0.2, 0) is 4.74 Å². The fourth-order valence-electron chi connectivity index (χ4n) is 7.75. The maximum atomic E-state index is 8.01. The van der Waals surface area contributed by atoms with Crippen molar-refractivity contribution in [2.75, 3.05) is 6.61 Å². The Balaban J connectivity index is 1.43. The van der Waals surface area contributed by atoms with Gasteiger partial charge in [-0.25, -0.2) is 0 Å². The van der Waals surface area contributed by atoms with Crippen LogP contribution in [-0.4, -0.2) is 17.9 Å². The average Bonchev–Trinajstić information content (AvgIpc) is 3.13. The van der Waals surface area contributed by atoms with Gasteiger partial charge in [0, 0.05) is 11.1 Å². The van der Waals surface area contributed by atoms with Crippen LogP contribution in [0.25, 0.3) is 0 Å². The zero-order valence-electron chi connectivity index (χ0n) is 14.5. The van der Waals surface area contributed by atoms with Gasteiger partial charge >= 0.3 is 0 Å². The normalized spacial score (nSPS) is 56.5. The first kappa shape index (κ1) is 14.1. The Morgan fingerprint density at radius 2 is 2.17 bits per heavy atom. The molecule has 0 amide bonds. The summed E-state index contributed by atoms with van der Waals surface area (Å²) in [5.41, 5.74) is 2.68. The Hall–Kier alpha value is -1.15. The first-order valence-electron chi connectivity index (χ1n) is 9.93. The second kappa shape index (κ2) is 4.33. The Morgan fingerprint density at radius 3 is 3.00 bits per heavy atom. The molecular formula is C22H27NO. The Labute approximate surface area is 144 Å². The van der Waals surface area contributed by atoms with Gasteiger partial charge in [-0.05, 0) is 79.3 Å². The highest BCUT2D eigenvalue weighted by atomic mass is 16.5. The van der Waals surface area contributed by atoms with Crippen molar-refractivity contribution in [1.29, 1.82) is 5.41 Å². The van der Waals surface area contributed by atoms with Crippen LogP contribution in [0.1, 0.15) is 39.0 Å². The number of ether oxygens (including phenoxy) is 1. The lowest BCUT2D eigenvalue weighted by Gasteiger charge is -2.55. The van der Waals surface area contributed by atoms with Crippen LogP contribution in [0.3, 0.4) is 0 Å². The minimum atomic E-state index is 0.0615. The summed E-state index contributed by atoms with van der Waals surface area (Å²) in [7, 11) is 0. The number of hydrogen-bond acceptors (Lipinski definition) is 2. The van der Waals surface area contributed by atoms with Crippen molar-refractivity contribution in [2.24, 2.45) is 40.9 Å². The molecule has 1 aliphatic heterocycles. The molecule has 8 atom stereocenters. The first-order chi connectivity index (χ1) is 11.6. The highest BCUT2D eigenvalue weighted by Crippen LogP contribution is 2.77. The smallest absolute Gasteiger partial charge is 0.0954 e. The lowest BCUT2D eigenvalue weighted by Crippen LogP contribution is -2.54. The van der Waals surface area contributed by atoms with Gasteiger partial charge < -0.3 is 10.1 Å². The van der Waals surface area contributed by atoms with E-state index in [2.05, 4.69) is 37.3 Å². The summed E-state index contributed by atoms with van der Waals surface area (Å²) < 4.78 is 6.45. The van der Waals surface area contributed by atoms with Crippen molar-refractivity contribution in [3.8, 4) is 0 Å². The number of fused-ring (bicyclic) bond motifs is 9. The molecule has 0 saturated heterocycles. The van der Waals surface area contributed by atoms with Gasteiger partial charge in [-0.3, -0.25) is 0 Å². The predicted molar refractivity (Wildman–Crippen MR) is 94.9 cm³/mol. The molecule has 24 heavy (non-hydrogen) atoms. The van der Waals surface area contributed by atoms with Crippen molar-refractivity contribution in [3.63, 3.8) is 0 Å². The van der Waals surface area contributed by atoms with E-state index in [-0.39, 0.29) is 5.60 Å². The molecule has 5 aliphatic carbocycles. The van der Waals surface area contributed by atoms with E-state index < -0.39 is 0 Å². The molecule has 3 saturated carbocycles. The van der Waals surface area contributed by atoms with Gasteiger partial charge in [0.05, 0.1) is 12.2 Å². The van der Waals surface area contributed by atoms with Crippen molar-refractivity contribution in [2.45, 2.75) is 44.6 Å². The zero-order valence-corrected chi connectivity index (χ0v) is 14.5. The molecule has 0 aromatic rings. The molecule has 3 fully saturated rings. The van der Waals surface area contributed by atoms with E-state index in [4.69, 9.17) is 10.1 Å². The summed E-state index contributed by atoms with van der Waals surface area (Å²) >= 11 is 0. The topological polar surface area (TPSA) is 33.1 Å². The van der Waals surface area contributed by atoms with E-state index in [1.54, 1.807) is 0 Å². The van der Waals surface area contributed by atoms with Gasteiger partial charge in [0.25, 0.3) is 0 Å². The van der Waals surface area contributed by atoms with Crippen LogP contribution in [0.4, 0.5) is 0 Å². The predicted octanol–water partition coefficient (Wildman–Crippen LogP) is 4.54. The summed E-state index contributed by atoms with van der Waals surface area (Å²) in [5.74, 6) is 4.76. The maximum Gasteiger partial charge on any atom is 0.0954 e. The van der Waals surface area contributed by atoms with Crippen LogP contribution in [0, 0.1) is 46.3 Å². The Bertz CT molecular complexity index is 717. The van der Waals surface area contributed by atoms with E-state index in [0.29, 0.717) is 11.3 Å². The molecule has 1 spiro atoms. The van der Waals surface area contributed by atoms with Crippen LogP contribution >= 0.6 is 0 Å². The Kier molecular flexibility index (Phi) is 2.54. The standard InChI is InChI=1S/C22H27NO/c1-21-9-7-16-15-6-4-14(23)11-13(15)3-5-17(16)20(21)18-12-19(18)22(21)8-2-10-24-22/h2-3,5,8,11,15-20,23H,4,6-7,9-10,12H2,1H3/t15-,16?,17?,18?,19?,20?,21-,22-/m0/s1. The van der Waals surface area contributed by atoms with E-state index >= 15 is 0 Å². The molecule has 6 rings (SSSR count). The van der Waals surface area contributed by atoms with Crippen LogP contribution in [0.2, 0.25) is 0 Å². The minimum absolute atomic E-state index is 0.0615. The average molecular weight is 321 g/mol. The largest absolute Gasteiger partial charge is 0.366 e. The second-order valence-corrected chi connectivity index (χ2v) is 9.41. The third kappa shape index (κ3) is 1.47. The number of nitrogens with one attached hydrogen (secondary N) is 1. The van der Waals surface area contributed by atoms with Crippen LogP contribution < -0.4 is 0 Å². The summed E-state index contributed by atoms with van der Waals surface area (Å²) in [5, 5.41) is 8.01. The number of hydrogen-bond donors (Lipinski definition) is 1. The van der Waals surface area contributed by atoms with Gasteiger partial charge in [0.15, 0.2) is 0 Å². The van der Waals surface area contributed by atoms with Crippen molar-refractivity contribution in [3.05, 3.63) is 36.0 Å². The SMILES string of the molecule is C[C@]12CCC3C(C=CC4=CC(=N)CC[C@@H]43)C1C1CC1[C@@]21C=CCO1. The van der Waals surface area contributed by atoms with Crippen molar-refractivity contribution >= 4 is 5.71 Å². The van der Waals surface area contributed by atoms with Gasteiger partial charge in [-0.2, -0.15) is 0 Å². The highest BCUT2D eigenvalue weighted by Gasteiger charge is 2.76. The molecule has 1 heterocycles. The molecule has 5 unspecified atom stereocenters. The molecule has 2 heteroatoms. The molecule has 0 aromatic heterocycles. The molecule has 0 radical (unpaired) electrons. The third-order valence-electron chi connectivity index (χ3n) is 8.69. The summed E-state index contributed by atoms with van der Waals surface area (Å²) in [4.78, 5) is 0. The second-order valence-electron chi connectivity index (χ2n) is 9.41. The quantitative estimate of drug-likeness (QED) is 0.653. The third-order valence-corrected chi connectivity index (χ3v) is 8.69. The van der Waals surface area contributed by atoms with E-state index in [1.165, 1.54) is 31.3 Å². The fourth-order valence-corrected chi connectivity index (χ4v) is 7.75. The highest BCUT2D eigenvalue weighted by molar-refractivity contribution is 5.94. The molecule has 1 N–H and O–H groups in total. The Morgan fingerprint density at radius 1 is 1.25 bits per heavy atom. The van der Waals surface area contributed by atoms with Gasteiger partial charge in [-0.1, -0.05) is 31.2 Å². The van der Waals surface area contributed by atoms with E-state index in [9.17, 15) is 0 Å². The molecular weight excluding hydrogens is 294 g/mol. The van der Waals surface area contributed by atoms with Gasteiger partial charge in [-0.15, -0.1) is 0 Å². The molecule has 2 nitrogen and oxygen atoms in total. The van der Waals surface area contributed by atoms with Crippen LogP contribution in [0.5, 0.6) is 0 Å². The molecule has 0 bridgehead atoms. The minimum Gasteiger partial charge on any atom is -0.366 e. The number of allylic oxidation sites excluding steroid dienone is 4. The zero-order chi connectivity index (χ0) is 16.1. The van der Waals surface area contributed by atoms with Crippen molar-refractivity contribution in [1.82, 2.24) is 0 Å². The van der Waals surface area contributed by atoms with E-state index in [1.807, 2.05) is 0 Å². The lowest BCUT2D eigenvalue weighted by molar-refractivity contribution is -0.120. The van der Waals surface area contributed by atoms with Crippen LogP contribution in [0.15, 0.2) is 36.0 Å². The lowest BCUT2D eigenvalue weighted by atomic mass is 9.50. The van der Waals surface area contributed by atoms with E-state index in [0.717, 1.165) is 48.3 Å². The molecule has 126 valence electrons. The summed E-state index contributed by atoms with van der Waals surface area (Å²) in [6.07, 6.45) is 18.1. The summed E-state index contributed by atoms with van der Waals surface area (Å²) in [6.45, 7) is 3.37. The fraction of sp³-hybridized carbons (Fsp3) is 0.682. The van der Waals surface area contributed by atoms with Crippen molar-refractivity contribution < 1.29 is 4.74 Å². The molecule has 6 aliphatic rings. The maximum absolute atomic E-state index is 8.01. The number of rotatable bonds is 0. The molecule has 0 aromatic carbocycles. The first-order valence-corrected chi connectivity index (χ1v) is 9.93. The van der Waals surface area contributed by atoms with Gasteiger partial charge in [0.2, 0.25) is 0 Å². The van der Waals surface area contributed by atoms with Gasteiger partial charge in [0.1, 0.15) is 0 Å². The summed E-state index contributed by atoms with van der Waals surface area (Å²) in [6, 6.07) is 0. The monoisotopic (exact) mass is 321 g/mol.